The highest BCUT2D eigenvalue weighted by atomic mass is 19.1. The summed E-state index contributed by atoms with van der Waals surface area (Å²) in [6.45, 7) is 10.2. The Morgan fingerprint density at radius 3 is 2.63 bits per heavy atom. The molecule has 30 heavy (non-hydrogen) atoms. The summed E-state index contributed by atoms with van der Waals surface area (Å²) in [5.41, 5.74) is 7.37. The van der Waals surface area contributed by atoms with Gasteiger partial charge in [0.05, 0.1) is 23.1 Å². The Balaban J connectivity index is 1.77. The van der Waals surface area contributed by atoms with Crippen molar-refractivity contribution in [2.24, 2.45) is 0 Å². The Morgan fingerprint density at radius 1 is 1.13 bits per heavy atom. The fourth-order valence-corrected chi connectivity index (χ4v) is 4.81. The van der Waals surface area contributed by atoms with Crippen LogP contribution in [0.1, 0.15) is 60.9 Å². The highest BCUT2D eigenvalue weighted by molar-refractivity contribution is 5.92. The number of pyridine rings is 2. The van der Waals surface area contributed by atoms with E-state index in [-0.39, 0.29) is 17.7 Å². The van der Waals surface area contributed by atoms with Gasteiger partial charge in [-0.2, -0.15) is 5.10 Å². The number of rotatable bonds is 3. The summed E-state index contributed by atoms with van der Waals surface area (Å²) in [4.78, 5) is 12.4. The lowest BCUT2D eigenvalue weighted by molar-refractivity contribution is 0.437. The van der Waals surface area contributed by atoms with Crippen molar-refractivity contribution >= 4 is 16.6 Å². The van der Waals surface area contributed by atoms with Gasteiger partial charge in [-0.15, -0.1) is 0 Å². The van der Waals surface area contributed by atoms with Gasteiger partial charge in [0.25, 0.3) is 0 Å². The number of aromatic nitrogens is 5. The van der Waals surface area contributed by atoms with Gasteiger partial charge in [-0.05, 0) is 62.4 Å². The molecular weight excluding hydrogens is 379 g/mol. The van der Waals surface area contributed by atoms with Crippen molar-refractivity contribution in [3.63, 3.8) is 0 Å². The lowest BCUT2D eigenvalue weighted by Crippen LogP contribution is -2.27. The van der Waals surface area contributed by atoms with Crippen LogP contribution in [0.2, 0.25) is 0 Å². The molecule has 0 spiro atoms. The predicted molar refractivity (Wildman–Crippen MR) is 116 cm³/mol. The molecule has 0 atom stereocenters. The Morgan fingerprint density at radius 2 is 1.90 bits per heavy atom. The zero-order chi connectivity index (χ0) is 21.0. The molecule has 1 aliphatic rings. The normalized spacial score (nSPS) is 15.7. The Labute approximate surface area is 174 Å². The third-order valence-corrected chi connectivity index (χ3v) is 6.54. The lowest BCUT2D eigenvalue weighted by Gasteiger charge is -2.22. The van der Waals surface area contributed by atoms with E-state index in [1.807, 2.05) is 6.20 Å². The van der Waals surface area contributed by atoms with E-state index >= 15 is 4.39 Å². The maximum Gasteiger partial charge on any atom is 0.158 e. The van der Waals surface area contributed by atoms with Crippen LogP contribution in [0.25, 0.3) is 27.8 Å². The van der Waals surface area contributed by atoms with Crippen LogP contribution in [0, 0.1) is 19.7 Å². The number of halogens is 1. The van der Waals surface area contributed by atoms with E-state index in [0.29, 0.717) is 11.1 Å². The van der Waals surface area contributed by atoms with Crippen molar-refractivity contribution < 1.29 is 4.39 Å². The molecule has 2 N–H and O–H groups in total. The van der Waals surface area contributed by atoms with Crippen molar-refractivity contribution in [1.29, 1.82) is 0 Å². The molecule has 0 bridgehead atoms. The SMILES string of the molecule is Cc1c(-c2[nH]c3cnc(C4CCNCC4)c(F)c3c2C(C)C)cn2ncnc2c1C. The van der Waals surface area contributed by atoms with Crippen LogP contribution in [0.5, 0.6) is 0 Å². The summed E-state index contributed by atoms with van der Waals surface area (Å²) < 4.78 is 17.7. The highest BCUT2D eigenvalue weighted by Crippen LogP contribution is 2.40. The molecule has 0 saturated carbocycles. The van der Waals surface area contributed by atoms with E-state index in [2.05, 4.69) is 53.1 Å². The molecule has 0 aromatic carbocycles. The molecule has 156 valence electrons. The highest BCUT2D eigenvalue weighted by Gasteiger charge is 2.27. The van der Waals surface area contributed by atoms with E-state index in [9.17, 15) is 0 Å². The zero-order valence-electron chi connectivity index (χ0n) is 17.9. The van der Waals surface area contributed by atoms with Crippen LogP contribution in [0.15, 0.2) is 18.7 Å². The van der Waals surface area contributed by atoms with Crippen LogP contribution in [0.4, 0.5) is 4.39 Å². The Hall–Kier alpha value is -2.80. The van der Waals surface area contributed by atoms with E-state index in [4.69, 9.17) is 0 Å². The number of aromatic amines is 1. The second-order valence-corrected chi connectivity index (χ2v) is 8.66. The van der Waals surface area contributed by atoms with E-state index in [1.165, 1.54) is 0 Å². The fraction of sp³-hybridized carbons (Fsp3) is 0.435. The molecule has 5 rings (SSSR count). The van der Waals surface area contributed by atoms with Gasteiger partial charge in [0, 0.05) is 23.1 Å². The molecule has 0 radical (unpaired) electrons. The van der Waals surface area contributed by atoms with Crippen molar-refractivity contribution in [3.8, 4) is 11.3 Å². The first kappa shape index (κ1) is 19.2. The molecule has 0 unspecified atom stereocenters. The minimum Gasteiger partial charge on any atom is -0.353 e. The van der Waals surface area contributed by atoms with Crippen LogP contribution < -0.4 is 5.32 Å². The largest absolute Gasteiger partial charge is 0.353 e. The summed E-state index contributed by atoms with van der Waals surface area (Å²) in [5.74, 6) is 0.156. The third kappa shape index (κ3) is 2.83. The standard InChI is InChI=1S/C23H27FN6/c1-12(2)18-19-17(9-26-21(20(19)24)15-5-7-25-8-6-15)29-22(18)16-10-30-23(27-11-28-30)14(4)13(16)3/h9-12,15,25,29H,5-8H2,1-4H3. The van der Waals surface area contributed by atoms with Gasteiger partial charge in [0.2, 0.25) is 0 Å². The van der Waals surface area contributed by atoms with Crippen LogP contribution in [0.3, 0.4) is 0 Å². The third-order valence-electron chi connectivity index (χ3n) is 6.54. The first-order chi connectivity index (χ1) is 14.5. The minimum atomic E-state index is -0.165. The molecule has 1 fully saturated rings. The Kier molecular flexibility index (Phi) is 4.58. The summed E-state index contributed by atoms with van der Waals surface area (Å²) in [5, 5.41) is 8.36. The quantitative estimate of drug-likeness (QED) is 0.521. The average Bonchev–Trinajstić information content (AvgIpc) is 3.36. The number of hydrogen-bond acceptors (Lipinski definition) is 4. The Bertz CT molecular complexity index is 1250. The average molecular weight is 407 g/mol. The van der Waals surface area contributed by atoms with Crippen molar-refractivity contribution in [2.75, 3.05) is 13.1 Å². The van der Waals surface area contributed by atoms with Gasteiger partial charge in [-0.3, -0.25) is 4.98 Å². The molecule has 1 aliphatic heterocycles. The number of nitrogens with zero attached hydrogens (tertiary/aromatic N) is 4. The fourth-order valence-electron chi connectivity index (χ4n) is 4.81. The van der Waals surface area contributed by atoms with E-state index < -0.39 is 0 Å². The number of nitrogens with one attached hydrogen (secondary N) is 2. The monoisotopic (exact) mass is 406 g/mol. The second-order valence-electron chi connectivity index (χ2n) is 8.66. The first-order valence-corrected chi connectivity index (χ1v) is 10.7. The number of piperidine rings is 1. The lowest BCUT2D eigenvalue weighted by atomic mass is 9.90. The zero-order valence-corrected chi connectivity index (χ0v) is 17.9. The van der Waals surface area contributed by atoms with Crippen molar-refractivity contribution in [2.45, 2.75) is 52.4 Å². The molecular formula is C23H27FN6. The maximum absolute atomic E-state index is 15.9. The minimum absolute atomic E-state index is 0.151. The molecule has 0 amide bonds. The van der Waals surface area contributed by atoms with Gasteiger partial charge in [0.15, 0.2) is 11.5 Å². The maximum atomic E-state index is 15.9. The van der Waals surface area contributed by atoms with Crippen LogP contribution >= 0.6 is 0 Å². The van der Waals surface area contributed by atoms with E-state index in [0.717, 1.165) is 65.0 Å². The molecule has 0 aliphatic carbocycles. The molecule has 7 heteroatoms. The molecule has 1 saturated heterocycles. The summed E-state index contributed by atoms with van der Waals surface area (Å²) in [7, 11) is 0. The summed E-state index contributed by atoms with van der Waals surface area (Å²) in [6, 6.07) is 0. The molecule has 5 heterocycles. The van der Waals surface area contributed by atoms with Gasteiger partial charge in [0.1, 0.15) is 6.33 Å². The van der Waals surface area contributed by atoms with Crippen molar-refractivity contribution in [1.82, 2.24) is 29.9 Å². The number of fused-ring (bicyclic) bond motifs is 2. The second kappa shape index (κ2) is 7.16. The van der Waals surface area contributed by atoms with Gasteiger partial charge < -0.3 is 10.3 Å². The van der Waals surface area contributed by atoms with Crippen molar-refractivity contribution in [3.05, 3.63) is 46.9 Å². The van der Waals surface area contributed by atoms with Gasteiger partial charge in [-0.25, -0.2) is 13.9 Å². The molecule has 6 nitrogen and oxygen atoms in total. The number of hydrogen-bond donors (Lipinski definition) is 2. The first-order valence-electron chi connectivity index (χ1n) is 10.7. The van der Waals surface area contributed by atoms with Crippen LogP contribution in [-0.4, -0.2) is 37.7 Å². The van der Waals surface area contributed by atoms with Gasteiger partial charge in [-0.1, -0.05) is 13.8 Å². The summed E-state index contributed by atoms with van der Waals surface area (Å²) >= 11 is 0. The van der Waals surface area contributed by atoms with Crippen LogP contribution in [-0.2, 0) is 0 Å². The smallest absolute Gasteiger partial charge is 0.158 e. The number of aryl methyl sites for hydroxylation is 1. The number of H-pyrrole nitrogens is 1. The molecule has 4 aromatic heterocycles. The van der Waals surface area contributed by atoms with E-state index in [1.54, 1.807) is 17.0 Å². The molecule has 4 aromatic rings. The topological polar surface area (TPSA) is 70.9 Å². The predicted octanol–water partition coefficient (Wildman–Crippen LogP) is 4.62. The van der Waals surface area contributed by atoms with Gasteiger partial charge >= 0.3 is 0 Å². The summed E-state index contributed by atoms with van der Waals surface area (Å²) in [6.07, 6.45) is 7.20.